The highest BCUT2D eigenvalue weighted by atomic mass is 79.9. The van der Waals surface area contributed by atoms with Crippen LogP contribution < -0.4 is 10.1 Å². The fraction of sp³-hybridized carbons (Fsp3) is 0.696. The molecule has 31 heavy (non-hydrogen) atoms. The second-order valence-electron chi connectivity index (χ2n) is 9.79. The Morgan fingerprint density at radius 2 is 1.84 bits per heavy atom. The number of ether oxygens (including phenoxy) is 1. The molecule has 5 rings (SSSR count). The number of rotatable bonds is 8. The average molecular weight is 513 g/mol. The summed E-state index contributed by atoms with van der Waals surface area (Å²) in [7, 11) is -2.09. The molecule has 6 nitrogen and oxygen atoms in total. The summed E-state index contributed by atoms with van der Waals surface area (Å²) in [5.74, 6) is 1.83. The molecule has 0 spiro atoms. The Balaban J connectivity index is 1.54. The number of carbonyl (C=O) groups excluding carboxylic acids is 1. The molecule has 172 valence electrons. The third kappa shape index (κ3) is 4.40. The molecule has 8 heteroatoms. The van der Waals surface area contributed by atoms with Crippen molar-refractivity contribution in [2.24, 2.45) is 17.3 Å². The zero-order chi connectivity index (χ0) is 22.4. The van der Waals surface area contributed by atoms with Crippen LogP contribution in [0.15, 0.2) is 23.1 Å². The first-order chi connectivity index (χ1) is 14.6. The largest absolute Gasteiger partial charge is 0.495 e. The Morgan fingerprint density at radius 1 is 1.19 bits per heavy atom. The second kappa shape index (κ2) is 8.34. The lowest BCUT2D eigenvalue weighted by Gasteiger charge is -2.60. The maximum atomic E-state index is 13.1. The average Bonchev–Trinajstić information content (AvgIpc) is 2.66. The number of alkyl halides is 1. The fourth-order valence-corrected chi connectivity index (χ4v) is 9.73. The molecule has 4 aliphatic carbocycles. The van der Waals surface area contributed by atoms with Crippen molar-refractivity contribution in [2.75, 3.05) is 25.5 Å². The van der Waals surface area contributed by atoms with E-state index in [0.29, 0.717) is 42.8 Å². The van der Waals surface area contributed by atoms with E-state index in [1.165, 1.54) is 42.8 Å². The molecule has 4 fully saturated rings. The van der Waals surface area contributed by atoms with Crippen LogP contribution in [0.2, 0.25) is 0 Å². The molecule has 0 saturated heterocycles. The molecular formula is C23H33BrN2O4S. The van der Waals surface area contributed by atoms with Gasteiger partial charge < -0.3 is 10.1 Å². The van der Waals surface area contributed by atoms with Crippen molar-refractivity contribution >= 4 is 37.5 Å². The van der Waals surface area contributed by atoms with Crippen LogP contribution in [0.5, 0.6) is 5.75 Å². The van der Waals surface area contributed by atoms with Crippen molar-refractivity contribution in [3.05, 3.63) is 18.2 Å². The van der Waals surface area contributed by atoms with Gasteiger partial charge >= 0.3 is 0 Å². The molecule has 4 aliphatic rings. The second-order valence-corrected chi connectivity index (χ2v) is 13.4. The van der Waals surface area contributed by atoms with Crippen molar-refractivity contribution in [1.82, 2.24) is 4.31 Å². The van der Waals surface area contributed by atoms with Gasteiger partial charge in [-0.05, 0) is 74.0 Å². The number of hydrogen-bond acceptors (Lipinski definition) is 4. The summed E-state index contributed by atoms with van der Waals surface area (Å²) in [6, 6.07) is 4.68. The molecule has 4 saturated carbocycles. The highest BCUT2D eigenvalue weighted by molar-refractivity contribution is 9.10. The quantitative estimate of drug-likeness (QED) is 0.508. The van der Waals surface area contributed by atoms with Gasteiger partial charge in [-0.15, -0.1) is 0 Å². The summed E-state index contributed by atoms with van der Waals surface area (Å²) in [4.78, 5) is 13.3. The monoisotopic (exact) mass is 512 g/mol. The van der Waals surface area contributed by atoms with E-state index in [1.54, 1.807) is 6.07 Å². The summed E-state index contributed by atoms with van der Waals surface area (Å²) in [5.41, 5.74) is 0.467. The van der Waals surface area contributed by atoms with Crippen LogP contribution in [-0.4, -0.2) is 43.2 Å². The van der Waals surface area contributed by atoms with Crippen molar-refractivity contribution in [3.8, 4) is 5.75 Å². The molecule has 1 amide bonds. The van der Waals surface area contributed by atoms with E-state index < -0.39 is 10.0 Å². The lowest BCUT2D eigenvalue weighted by molar-refractivity contribution is -0.123. The number of nitrogens with one attached hydrogen (secondary N) is 1. The maximum absolute atomic E-state index is 13.1. The maximum Gasteiger partial charge on any atom is 0.243 e. The van der Waals surface area contributed by atoms with Crippen molar-refractivity contribution in [1.29, 1.82) is 0 Å². The molecule has 0 aromatic heterocycles. The van der Waals surface area contributed by atoms with Gasteiger partial charge in [0.1, 0.15) is 5.75 Å². The van der Waals surface area contributed by atoms with Crippen molar-refractivity contribution < 1.29 is 17.9 Å². The summed E-state index contributed by atoms with van der Waals surface area (Å²) in [6.45, 7) is 4.42. The minimum absolute atomic E-state index is 0.0514. The highest BCUT2D eigenvalue weighted by Crippen LogP contribution is 2.65. The van der Waals surface area contributed by atoms with E-state index in [4.69, 9.17) is 4.74 Å². The summed E-state index contributed by atoms with van der Waals surface area (Å²) in [6.07, 6.45) is 7.53. The van der Waals surface area contributed by atoms with Gasteiger partial charge in [-0.25, -0.2) is 8.42 Å². The predicted octanol–water partition coefficient (Wildman–Crippen LogP) is 4.79. The Hall–Kier alpha value is -1.12. The van der Waals surface area contributed by atoms with E-state index in [1.807, 2.05) is 13.8 Å². The van der Waals surface area contributed by atoms with Gasteiger partial charge in [0.2, 0.25) is 15.9 Å². The number of carbonyl (C=O) groups is 1. The minimum Gasteiger partial charge on any atom is -0.495 e. The number of methoxy groups -OCH3 is 1. The zero-order valence-electron chi connectivity index (χ0n) is 18.6. The van der Waals surface area contributed by atoms with Gasteiger partial charge in [0.25, 0.3) is 0 Å². The van der Waals surface area contributed by atoms with Gasteiger partial charge in [0, 0.05) is 23.8 Å². The highest BCUT2D eigenvalue weighted by Gasteiger charge is 2.57. The summed E-state index contributed by atoms with van der Waals surface area (Å²) < 4.78 is 32.9. The van der Waals surface area contributed by atoms with Gasteiger partial charge in [-0.2, -0.15) is 4.31 Å². The Morgan fingerprint density at radius 3 is 2.39 bits per heavy atom. The number of halogens is 1. The smallest absolute Gasteiger partial charge is 0.243 e. The van der Waals surface area contributed by atoms with Crippen LogP contribution in [0.1, 0.15) is 58.8 Å². The molecule has 1 aromatic carbocycles. The number of benzene rings is 1. The van der Waals surface area contributed by atoms with Gasteiger partial charge in [0.15, 0.2) is 0 Å². The Labute approximate surface area is 194 Å². The molecule has 2 atom stereocenters. The number of sulfonamides is 1. The fourth-order valence-electron chi connectivity index (χ4n) is 6.74. The first kappa shape index (κ1) is 23.1. The molecule has 1 N–H and O–H groups in total. The Bertz CT molecular complexity index is 946. The van der Waals surface area contributed by atoms with Crippen LogP contribution in [0.4, 0.5) is 5.69 Å². The van der Waals surface area contributed by atoms with Crippen LogP contribution in [-0.2, 0) is 14.8 Å². The lowest BCUT2D eigenvalue weighted by Crippen LogP contribution is -2.53. The molecule has 0 unspecified atom stereocenters. The van der Waals surface area contributed by atoms with Crippen LogP contribution in [0.25, 0.3) is 0 Å². The first-order valence-electron chi connectivity index (χ1n) is 11.3. The first-order valence-corrected chi connectivity index (χ1v) is 13.5. The van der Waals surface area contributed by atoms with Crippen molar-refractivity contribution in [2.45, 2.75) is 68.0 Å². The van der Waals surface area contributed by atoms with E-state index in [0.717, 1.165) is 19.3 Å². The minimum atomic E-state index is -3.62. The predicted molar refractivity (Wildman–Crippen MR) is 125 cm³/mol. The van der Waals surface area contributed by atoms with Crippen LogP contribution in [0.3, 0.4) is 0 Å². The molecule has 0 aliphatic heterocycles. The van der Waals surface area contributed by atoms with Gasteiger partial charge in [-0.1, -0.05) is 29.8 Å². The van der Waals surface area contributed by atoms with Gasteiger partial charge in [-0.3, -0.25) is 4.79 Å². The Kier molecular flexibility index (Phi) is 6.20. The van der Waals surface area contributed by atoms with E-state index in [2.05, 4.69) is 21.2 Å². The molecular weight excluding hydrogens is 480 g/mol. The van der Waals surface area contributed by atoms with E-state index >= 15 is 0 Å². The normalized spacial score (nSPS) is 31.8. The number of nitrogens with zero attached hydrogens (tertiary/aromatic N) is 1. The number of anilines is 1. The third-order valence-corrected chi connectivity index (χ3v) is 10.4. The molecule has 0 radical (unpaired) electrons. The molecule has 4 bridgehead atoms. The standard InChI is InChI=1S/C23H33BrN2O4S/c1-4-26(5-2)31(28,29)18-6-7-20(30-3)19(9-18)25-21(27)14-22-10-16-8-17(11-22)13-23(24,12-16)15-22/h6-7,9,16-17H,4-5,8,10-15H2,1-3H3,(H,25,27)/t16-,17-,22?,23?/m0/s1. The zero-order valence-corrected chi connectivity index (χ0v) is 21.0. The van der Waals surface area contributed by atoms with Crippen LogP contribution >= 0.6 is 15.9 Å². The molecule has 0 heterocycles. The van der Waals surface area contributed by atoms with E-state index in [9.17, 15) is 13.2 Å². The number of hydrogen-bond donors (Lipinski definition) is 1. The number of amides is 1. The third-order valence-electron chi connectivity index (χ3n) is 7.43. The van der Waals surface area contributed by atoms with Gasteiger partial charge in [0.05, 0.1) is 17.7 Å². The lowest BCUT2D eigenvalue weighted by atomic mass is 9.48. The topological polar surface area (TPSA) is 75.7 Å². The molecule has 1 aromatic rings. The SMILES string of the molecule is CCN(CC)S(=O)(=O)c1ccc(OC)c(NC(=O)CC23C[C@@H]4C[C@H](CC(Br)(C4)C2)C3)c1. The van der Waals surface area contributed by atoms with E-state index in [-0.39, 0.29) is 20.5 Å². The summed E-state index contributed by atoms with van der Waals surface area (Å²) >= 11 is 4.01. The summed E-state index contributed by atoms with van der Waals surface area (Å²) in [5, 5.41) is 2.97. The van der Waals surface area contributed by atoms with Crippen LogP contribution in [0, 0.1) is 17.3 Å². The van der Waals surface area contributed by atoms with Crippen molar-refractivity contribution in [3.63, 3.8) is 0 Å².